The minimum absolute atomic E-state index is 0.0579. The Morgan fingerprint density at radius 2 is 2.50 bits per heavy atom. The number of nitrogens with zero attached hydrogens (tertiary/aromatic N) is 1. The van der Waals surface area contributed by atoms with E-state index >= 15 is 0 Å². The highest BCUT2D eigenvalue weighted by molar-refractivity contribution is 9.09. The molecule has 0 bridgehead atoms. The lowest BCUT2D eigenvalue weighted by Gasteiger charge is -2.34. The number of aromatic nitrogens is 2. The average Bonchev–Trinajstić information content (AvgIpc) is 2.86. The van der Waals surface area contributed by atoms with E-state index in [1.165, 1.54) is 6.20 Å². The molecule has 0 aliphatic carbocycles. The number of H-pyrrole nitrogens is 1. The molecule has 0 radical (unpaired) electrons. The first-order valence-corrected chi connectivity index (χ1v) is 6.95. The fourth-order valence-corrected chi connectivity index (χ4v) is 2.43. The molecule has 4 unspecified atom stereocenters. The van der Waals surface area contributed by atoms with Gasteiger partial charge in [-0.2, -0.15) is 5.10 Å². The van der Waals surface area contributed by atoms with E-state index in [1.54, 1.807) is 6.07 Å². The van der Waals surface area contributed by atoms with Crippen LogP contribution in [-0.4, -0.2) is 39.8 Å². The van der Waals surface area contributed by atoms with Gasteiger partial charge in [-0.25, -0.2) is 4.79 Å². The lowest BCUT2D eigenvalue weighted by Crippen LogP contribution is -2.40. The number of alkyl halides is 1. The quantitative estimate of drug-likeness (QED) is 0.685. The van der Waals surface area contributed by atoms with E-state index in [1.807, 2.05) is 6.92 Å². The second-order valence-electron chi connectivity index (χ2n) is 4.68. The number of ether oxygens (including phenoxy) is 2. The van der Waals surface area contributed by atoms with Gasteiger partial charge in [-0.1, -0.05) is 22.9 Å². The summed E-state index contributed by atoms with van der Waals surface area (Å²) in [6, 6.07) is 1.59. The van der Waals surface area contributed by atoms with Gasteiger partial charge in [0.2, 0.25) is 0 Å². The van der Waals surface area contributed by atoms with Crippen LogP contribution in [0.1, 0.15) is 30.8 Å². The molecular formula is C12H17BrN2O3. The van der Waals surface area contributed by atoms with Crippen molar-refractivity contribution in [2.24, 2.45) is 5.92 Å². The standard InChI is InChI=1S/C12H17BrN2O3/c1-7-6-17-11(5-9(7)13)8(2)18-12(16)10-3-4-14-15-10/h3-4,7-9,11H,5-6H2,1-2H3,(H,14,15). The van der Waals surface area contributed by atoms with Crippen molar-refractivity contribution in [2.45, 2.75) is 37.3 Å². The van der Waals surface area contributed by atoms with E-state index in [4.69, 9.17) is 9.47 Å². The zero-order valence-electron chi connectivity index (χ0n) is 10.4. The lowest BCUT2D eigenvalue weighted by atomic mass is 9.98. The zero-order valence-corrected chi connectivity index (χ0v) is 12.0. The molecule has 0 spiro atoms. The number of esters is 1. The molecule has 0 amide bonds. The second-order valence-corrected chi connectivity index (χ2v) is 5.86. The number of rotatable bonds is 3. The van der Waals surface area contributed by atoms with Crippen molar-refractivity contribution in [2.75, 3.05) is 6.61 Å². The Hall–Kier alpha value is -0.880. The normalized spacial score (nSPS) is 29.8. The Labute approximate surface area is 114 Å². The molecule has 5 nitrogen and oxygen atoms in total. The van der Waals surface area contributed by atoms with Crippen LogP contribution in [0.5, 0.6) is 0 Å². The van der Waals surface area contributed by atoms with Crippen molar-refractivity contribution in [1.29, 1.82) is 0 Å². The summed E-state index contributed by atoms with van der Waals surface area (Å²) < 4.78 is 11.1. The maximum Gasteiger partial charge on any atom is 0.356 e. The number of carbonyl (C=O) groups excluding carboxylic acids is 1. The van der Waals surface area contributed by atoms with Crippen LogP contribution in [-0.2, 0) is 9.47 Å². The third-order valence-corrected chi connectivity index (χ3v) is 4.46. The average molecular weight is 317 g/mol. The largest absolute Gasteiger partial charge is 0.455 e. The van der Waals surface area contributed by atoms with Crippen LogP contribution in [0.2, 0.25) is 0 Å². The van der Waals surface area contributed by atoms with Gasteiger partial charge in [-0.3, -0.25) is 5.10 Å². The van der Waals surface area contributed by atoms with Crippen molar-refractivity contribution in [3.05, 3.63) is 18.0 Å². The van der Waals surface area contributed by atoms with E-state index in [0.717, 1.165) is 6.42 Å². The Morgan fingerprint density at radius 1 is 1.72 bits per heavy atom. The minimum atomic E-state index is -0.395. The summed E-state index contributed by atoms with van der Waals surface area (Å²) in [5.74, 6) is 0.0881. The number of hydrogen-bond donors (Lipinski definition) is 1. The van der Waals surface area contributed by atoms with Crippen LogP contribution < -0.4 is 0 Å². The van der Waals surface area contributed by atoms with Crippen LogP contribution in [0.4, 0.5) is 0 Å². The van der Waals surface area contributed by atoms with Gasteiger partial charge in [0, 0.05) is 11.0 Å². The monoisotopic (exact) mass is 316 g/mol. The molecule has 18 heavy (non-hydrogen) atoms. The fraction of sp³-hybridized carbons (Fsp3) is 0.667. The van der Waals surface area contributed by atoms with E-state index in [-0.39, 0.29) is 12.2 Å². The fourth-order valence-electron chi connectivity index (χ4n) is 1.91. The van der Waals surface area contributed by atoms with Gasteiger partial charge in [0.15, 0.2) is 0 Å². The molecule has 1 aromatic rings. The first-order valence-electron chi connectivity index (χ1n) is 6.04. The second kappa shape index (κ2) is 5.84. The molecule has 2 heterocycles. The van der Waals surface area contributed by atoms with Crippen molar-refractivity contribution < 1.29 is 14.3 Å². The van der Waals surface area contributed by atoms with Gasteiger partial charge in [-0.15, -0.1) is 0 Å². The van der Waals surface area contributed by atoms with E-state index in [9.17, 15) is 4.79 Å². The topological polar surface area (TPSA) is 64.2 Å². The van der Waals surface area contributed by atoms with Gasteiger partial charge < -0.3 is 9.47 Å². The van der Waals surface area contributed by atoms with Crippen LogP contribution in [0.3, 0.4) is 0 Å². The lowest BCUT2D eigenvalue weighted by molar-refractivity contribution is -0.0770. The number of hydrogen-bond acceptors (Lipinski definition) is 4. The predicted molar refractivity (Wildman–Crippen MR) is 69.7 cm³/mol. The molecule has 1 aliphatic rings. The van der Waals surface area contributed by atoms with Crippen LogP contribution in [0.25, 0.3) is 0 Å². The van der Waals surface area contributed by atoms with Crippen molar-refractivity contribution in [3.8, 4) is 0 Å². The van der Waals surface area contributed by atoms with E-state index in [2.05, 4.69) is 33.1 Å². The third kappa shape index (κ3) is 3.11. The summed E-state index contributed by atoms with van der Waals surface area (Å²) in [4.78, 5) is 12.2. The van der Waals surface area contributed by atoms with Crippen LogP contribution >= 0.6 is 15.9 Å². The molecule has 6 heteroatoms. The number of nitrogens with one attached hydrogen (secondary N) is 1. The third-order valence-electron chi connectivity index (χ3n) is 3.19. The summed E-state index contributed by atoms with van der Waals surface area (Å²) in [5.41, 5.74) is 0.362. The van der Waals surface area contributed by atoms with Gasteiger partial charge in [-0.05, 0) is 25.3 Å². The summed E-state index contributed by atoms with van der Waals surface area (Å²) >= 11 is 3.63. The molecule has 1 saturated heterocycles. The predicted octanol–water partition coefficient (Wildman–Crippen LogP) is 2.14. The number of aromatic amines is 1. The maximum atomic E-state index is 11.7. The summed E-state index contributed by atoms with van der Waals surface area (Å²) in [5, 5.41) is 6.31. The number of carbonyl (C=O) groups is 1. The Balaban J connectivity index is 1.88. The Morgan fingerprint density at radius 3 is 3.11 bits per heavy atom. The highest BCUT2D eigenvalue weighted by Gasteiger charge is 2.32. The van der Waals surface area contributed by atoms with Gasteiger partial charge >= 0.3 is 5.97 Å². The summed E-state index contributed by atoms with van der Waals surface area (Å²) in [6.45, 7) is 4.68. The van der Waals surface area contributed by atoms with E-state index in [0.29, 0.717) is 23.0 Å². The highest BCUT2D eigenvalue weighted by atomic mass is 79.9. The molecule has 1 aliphatic heterocycles. The van der Waals surface area contributed by atoms with Crippen molar-refractivity contribution in [3.63, 3.8) is 0 Å². The summed E-state index contributed by atoms with van der Waals surface area (Å²) in [7, 11) is 0. The van der Waals surface area contributed by atoms with Gasteiger partial charge in [0.05, 0.1) is 12.7 Å². The molecule has 1 fully saturated rings. The van der Waals surface area contributed by atoms with Crippen molar-refractivity contribution in [1.82, 2.24) is 10.2 Å². The highest BCUT2D eigenvalue weighted by Crippen LogP contribution is 2.28. The Bertz CT molecular complexity index is 396. The molecule has 2 rings (SSSR count). The van der Waals surface area contributed by atoms with Crippen LogP contribution in [0.15, 0.2) is 12.3 Å². The molecule has 0 aromatic carbocycles. The molecular weight excluding hydrogens is 300 g/mol. The first kappa shape index (κ1) is 13.5. The smallest absolute Gasteiger partial charge is 0.356 e. The maximum absolute atomic E-state index is 11.7. The SMILES string of the molecule is CC1COC(C(C)OC(=O)c2ccn[nH]2)CC1Br. The van der Waals surface area contributed by atoms with E-state index < -0.39 is 5.97 Å². The molecule has 100 valence electrons. The number of halogens is 1. The van der Waals surface area contributed by atoms with Gasteiger partial charge in [0.1, 0.15) is 11.8 Å². The Kier molecular flexibility index (Phi) is 4.40. The molecule has 1 N–H and O–H groups in total. The van der Waals surface area contributed by atoms with Crippen molar-refractivity contribution >= 4 is 21.9 Å². The molecule has 1 aromatic heterocycles. The summed E-state index contributed by atoms with van der Waals surface area (Å²) in [6.07, 6.45) is 2.04. The molecule has 0 saturated carbocycles. The van der Waals surface area contributed by atoms with Crippen LogP contribution in [0, 0.1) is 5.92 Å². The van der Waals surface area contributed by atoms with Gasteiger partial charge in [0.25, 0.3) is 0 Å². The minimum Gasteiger partial charge on any atom is -0.455 e. The molecule has 4 atom stereocenters. The zero-order chi connectivity index (χ0) is 13.1. The first-order chi connectivity index (χ1) is 8.58.